The van der Waals surface area contributed by atoms with Gasteiger partial charge in [-0.05, 0) is 5.41 Å². The van der Waals surface area contributed by atoms with Crippen molar-refractivity contribution in [2.45, 2.75) is 32.7 Å². The third-order valence-electron chi connectivity index (χ3n) is 2.27. The van der Waals surface area contributed by atoms with Crippen LogP contribution in [-0.2, 0) is 14.3 Å². The first-order valence-corrected chi connectivity index (χ1v) is 4.98. The molecule has 1 fully saturated rings. The maximum Gasteiger partial charge on any atom is 0.303 e. The van der Waals surface area contributed by atoms with Crippen LogP contribution in [0.2, 0.25) is 0 Å². The van der Waals surface area contributed by atoms with Gasteiger partial charge in [0.1, 0.15) is 0 Å². The lowest BCUT2D eigenvalue weighted by atomic mass is 9.85. The van der Waals surface area contributed by atoms with Gasteiger partial charge in [0.05, 0.1) is 25.7 Å². The second-order valence-corrected chi connectivity index (χ2v) is 4.71. The summed E-state index contributed by atoms with van der Waals surface area (Å²) in [6.07, 6.45) is 0.234. The van der Waals surface area contributed by atoms with Gasteiger partial charge >= 0.3 is 5.97 Å². The van der Waals surface area contributed by atoms with Crippen LogP contribution >= 0.6 is 0 Å². The number of carbonyl (C=O) groups excluding carboxylic acids is 1. The zero-order chi connectivity index (χ0) is 11.5. The number of amides is 1. The van der Waals surface area contributed by atoms with Crippen molar-refractivity contribution in [3.05, 3.63) is 0 Å². The maximum absolute atomic E-state index is 11.5. The van der Waals surface area contributed by atoms with Crippen LogP contribution < -0.4 is 5.32 Å². The molecule has 1 amide bonds. The first kappa shape index (κ1) is 12.0. The molecular formula is C10H17NO4. The molecule has 0 atom stereocenters. The Kier molecular flexibility index (Phi) is 3.68. The largest absolute Gasteiger partial charge is 0.481 e. The molecule has 15 heavy (non-hydrogen) atoms. The summed E-state index contributed by atoms with van der Waals surface area (Å²) >= 11 is 0. The maximum atomic E-state index is 11.5. The predicted molar refractivity (Wildman–Crippen MR) is 53.4 cm³/mol. The second kappa shape index (κ2) is 4.61. The Bertz CT molecular complexity index is 258. The lowest BCUT2D eigenvalue weighted by Crippen LogP contribution is -2.49. The van der Waals surface area contributed by atoms with Crippen molar-refractivity contribution in [1.29, 1.82) is 0 Å². The molecule has 1 aliphatic heterocycles. The van der Waals surface area contributed by atoms with E-state index in [0.29, 0.717) is 13.2 Å². The molecule has 1 heterocycles. The Labute approximate surface area is 88.8 Å². The van der Waals surface area contributed by atoms with Gasteiger partial charge in [-0.25, -0.2) is 0 Å². The number of carboxylic acid groups (broad SMARTS) is 1. The zero-order valence-electron chi connectivity index (χ0n) is 9.08. The highest BCUT2D eigenvalue weighted by Gasteiger charge is 2.27. The van der Waals surface area contributed by atoms with Gasteiger partial charge in [0.2, 0.25) is 5.91 Å². The van der Waals surface area contributed by atoms with Crippen LogP contribution in [0, 0.1) is 5.41 Å². The smallest absolute Gasteiger partial charge is 0.303 e. The quantitative estimate of drug-likeness (QED) is 0.695. The highest BCUT2D eigenvalue weighted by molar-refractivity contribution is 5.78. The zero-order valence-corrected chi connectivity index (χ0v) is 9.08. The van der Waals surface area contributed by atoms with Crippen LogP contribution in [0.25, 0.3) is 0 Å². The molecule has 0 saturated carbocycles. The summed E-state index contributed by atoms with van der Waals surface area (Å²) in [6.45, 7) is 4.67. The lowest BCUT2D eigenvalue weighted by molar-refractivity contribution is -0.140. The van der Waals surface area contributed by atoms with E-state index in [1.54, 1.807) is 13.8 Å². The van der Waals surface area contributed by atoms with Crippen LogP contribution in [0.4, 0.5) is 0 Å². The van der Waals surface area contributed by atoms with E-state index in [-0.39, 0.29) is 24.8 Å². The molecule has 86 valence electrons. The predicted octanol–water partition coefficient (Wildman–Crippen LogP) is 0.392. The van der Waals surface area contributed by atoms with Crippen molar-refractivity contribution in [2.75, 3.05) is 13.2 Å². The molecule has 0 aromatic carbocycles. The normalized spacial score (nSPS) is 16.9. The summed E-state index contributed by atoms with van der Waals surface area (Å²) in [5, 5.41) is 11.4. The van der Waals surface area contributed by atoms with Crippen molar-refractivity contribution < 1.29 is 19.4 Å². The van der Waals surface area contributed by atoms with Crippen molar-refractivity contribution in [3.8, 4) is 0 Å². The van der Waals surface area contributed by atoms with Gasteiger partial charge in [-0.2, -0.15) is 0 Å². The summed E-state index contributed by atoms with van der Waals surface area (Å²) in [5.41, 5.74) is -0.499. The summed E-state index contributed by atoms with van der Waals surface area (Å²) in [5.74, 6) is -0.977. The molecule has 0 aliphatic carbocycles. The van der Waals surface area contributed by atoms with Gasteiger partial charge < -0.3 is 15.2 Å². The van der Waals surface area contributed by atoms with Gasteiger partial charge in [0.25, 0.3) is 0 Å². The van der Waals surface area contributed by atoms with Crippen LogP contribution in [0.5, 0.6) is 0 Å². The van der Waals surface area contributed by atoms with E-state index in [2.05, 4.69) is 5.32 Å². The molecular weight excluding hydrogens is 198 g/mol. The first-order chi connectivity index (χ1) is 6.89. The number of hydrogen-bond acceptors (Lipinski definition) is 3. The average Bonchev–Trinajstić information content (AvgIpc) is 1.92. The fourth-order valence-electron chi connectivity index (χ4n) is 1.50. The van der Waals surface area contributed by atoms with Gasteiger partial charge in [0.15, 0.2) is 0 Å². The van der Waals surface area contributed by atoms with Crippen molar-refractivity contribution in [1.82, 2.24) is 5.32 Å². The minimum atomic E-state index is -0.875. The van der Waals surface area contributed by atoms with E-state index in [1.807, 2.05) is 0 Å². The molecule has 0 unspecified atom stereocenters. The summed E-state index contributed by atoms with van der Waals surface area (Å²) < 4.78 is 4.92. The van der Waals surface area contributed by atoms with Crippen molar-refractivity contribution in [2.24, 2.45) is 5.41 Å². The van der Waals surface area contributed by atoms with E-state index in [9.17, 15) is 9.59 Å². The Balaban J connectivity index is 2.31. The molecule has 5 nitrogen and oxygen atoms in total. The SMILES string of the molecule is CC(C)(CC(=O)O)CC(=O)NC1COC1. The Hall–Kier alpha value is -1.10. The number of carboxylic acids is 1. The van der Waals surface area contributed by atoms with Crippen LogP contribution in [0.3, 0.4) is 0 Å². The van der Waals surface area contributed by atoms with Crippen LogP contribution in [0.1, 0.15) is 26.7 Å². The third kappa shape index (κ3) is 4.29. The van der Waals surface area contributed by atoms with Crippen molar-refractivity contribution in [3.63, 3.8) is 0 Å². The van der Waals surface area contributed by atoms with Crippen molar-refractivity contribution >= 4 is 11.9 Å². The summed E-state index contributed by atoms with van der Waals surface area (Å²) in [6, 6.07) is 0.109. The summed E-state index contributed by atoms with van der Waals surface area (Å²) in [4.78, 5) is 22.0. The number of hydrogen-bond donors (Lipinski definition) is 2. The number of rotatable bonds is 5. The second-order valence-electron chi connectivity index (χ2n) is 4.71. The fourth-order valence-corrected chi connectivity index (χ4v) is 1.50. The van der Waals surface area contributed by atoms with E-state index in [0.717, 1.165) is 0 Å². The number of carbonyl (C=O) groups is 2. The molecule has 5 heteroatoms. The number of nitrogens with one attached hydrogen (secondary N) is 1. The standard InChI is InChI=1S/C10H17NO4/c1-10(2,4-9(13)14)3-8(12)11-7-5-15-6-7/h7H,3-6H2,1-2H3,(H,11,12)(H,13,14). The molecule has 1 saturated heterocycles. The van der Waals surface area contributed by atoms with E-state index in [1.165, 1.54) is 0 Å². The first-order valence-electron chi connectivity index (χ1n) is 4.98. The molecule has 1 rings (SSSR count). The van der Waals surface area contributed by atoms with Gasteiger partial charge in [-0.15, -0.1) is 0 Å². The summed E-state index contributed by atoms with van der Waals surface area (Å²) in [7, 11) is 0. The Morgan fingerprint density at radius 2 is 2.00 bits per heavy atom. The molecule has 2 N–H and O–H groups in total. The lowest BCUT2D eigenvalue weighted by Gasteiger charge is -2.29. The Morgan fingerprint density at radius 3 is 2.40 bits per heavy atom. The topological polar surface area (TPSA) is 75.6 Å². The van der Waals surface area contributed by atoms with E-state index in [4.69, 9.17) is 9.84 Å². The molecule has 0 aromatic heterocycles. The monoisotopic (exact) mass is 215 g/mol. The minimum absolute atomic E-state index is 0.00157. The molecule has 0 spiro atoms. The Morgan fingerprint density at radius 1 is 1.40 bits per heavy atom. The third-order valence-corrected chi connectivity index (χ3v) is 2.27. The number of ether oxygens (including phenoxy) is 1. The molecule has 0 aromatic rings. The van der Waals surface area contributed by atoms with Crippen LogP contribution in [-0.4, -0.2) is 36.2 Å². The minimum Gasteiger partial charge on any atom is -0.481 e. The van der Waals surface area contributed by atoms with Gasteiger partial charge in [-0.1, -0.05) is 13.8 Å². The highest BCUT2D eigenvalue weighted by atomic mass is 16.5. The van der Waals surface area contributed by atoms with Gasteiger partial charge in [0, 0.05) is 6.42 Å². The van der Waals surface area contributed by atoms with E-state index < -0.39 is 11.4 Å². The average molecular weight is 215 g/mol. The molecule has 0 radical (unpaired) electrons. The van der Waals surface area contributed by atoms with Gasteiger partial charge in [-0.3, -0.25) is 9.59 Å². The number of aliphatic carboxylic acids is 1. The van der Waals surface area contributed by atoms with Crippen LogP contribution in [0.15, 0.2) is 0 Å². The highest BCUT2D eigenvalue weighted by Crippen LogP contribution is 2.24. The molecule has 1 aliphatic rings. The molecule has 0 bridgehead atoms. The van der Waals surface area contributed by atoms with E-state index >= 15 is 0 Å². The fraction of sp³-hybridized carbons (Fsp3) is 0.800.